The summed E-state index contributed by atoms with van der Waals surface area (Å²) in [5.41, 5.74) is 1.37. The van der Waals surface area contributed by atoms with Gasteiger partial charge in [-0.3, -0.25) is 9.59 Å². The van der Waals surface area contributed by atoms with Crippen molar-refractivity contribution in [3.8, 4) is 0 Å². The number of halogens is 1. The van der Waals surface area contributed by atoms with Gasteiger partial charge in [0.1, 0.15) is 0 Å². The zero-order valence-corrected chi connectivity index (χ0v) is 10.4. The van der Waals surface area contributed by atoms with Crippen LogP contribution in [-0.2, 0) is 12.4 Å². The Morgan fingerprint density at radius 3 is 2.44 bits per heavy atom. The molecule has 0 radical (unpaired) electrons. The Morgan fingerprint density at radius 2 is 1.83 bits per heavy atom. The van der Waals surface area contributed by atoms with Gasteiger partial charge in [0.25, 0.3) is 5.56 Å². The lowest BCUT2D eigenvalue weighted by Gasteiger charge is -2.04. The Labute approximate surface area is 110 Å². The first-order valence-corrected chi connectivity index (χ1v) is 6.08. The van der Waals surface area contributed by atoms with Gasteiger partial charge in [-0.15, -0.1) is 11.6 Å². The predicted molar refractivity (Wildman–Crippen MR) is 71.0 cm³/mol. The summed E-state index contributed by atoms with van der Waals surface area (Å²) in [4.78, 5) is 23.5. The standard InChI is InChI=1S/C14H12ClNO2/c15-9-11-4-6-12(7-5-11)13(17)10-16-8-2-1-3-14(16)18/h1-8H,9-10H2. The molecule has 0 unspecified atom stereocenters. The fraction of sp³-hybridized carbons (Fsp3) is 0.143. The highest BCUT2D eigenvalue weighted by molar-refractivity contribution is 6.17. The Morgan fingerprint density at radius 1 is 1.11 bits per heavy atom. The van der Waals surface area contributed by atoms with Gasteiger partial charge in [0.15, 0.2) is 5.78 Å². The molecule has 0 saturated carbocycles. The Kier molecular flexibility index (Phi) is 3.95. The number of carbonyl (C=O) groups is 1. The number of aromatic nitrogens is 1. The third kappa shape index (κ3) is 2.87. The Bertz CT molecular complexity index is 602. The molecule has 2 rings (SSSR count). The first-order valence-electron chi connectivity index (χ1n) is 5.54. The number of Topliss-reactive ketones (excluding diaryl/α,β-unsaturated/α-hetero) is 1. The molecule has 0 aliphatic rings. The van der Waals surface area contributed by atoms with Crippen molar-refractivity contribution in [2.75, 3.05) is 0 Å². The van der Waals surface area contributed by atoms with Crippen molar-refractivity contribution >= 4 is 17.4 Å². The van der Waals surface area contributed by atoms with Crippen LogP contribution in [0.2, 0.25) is 0 Å². The molecule has 0 aliphatic carbocycles. The molecule has 0 amide bonds. The van der Waals surface area contributed by atoms with Crippen LogP contribution in [0.5, 0.6) is 0 Å². The zero-order chi connectivity index (χ0) is 13.0. The second-order valence-electron chi connectivity index (χ2n) is 3.92. The number of rotatable bonds is 4. The molecule has 1 aromatic heterocycles. The van der Waals surface area contributed by atoms with E-state index in [-0.39, 0.29) is 17.9 Å². The van der Waals surface area contributed by atoms with Gasteiger partial charge < -0.3 is 4.57 Å². The number of benzene rings is 1. The van der Waals surface area contributed by atoms with Gasteiger partial charge in [-0.2, -0.15) is 0 Å². The van der Waals surface area contributed by atoms with Crippen molar-refractivity contribution in [1.29, 1.82) is 0 Å². The van der Waals surface area contributed by atoms with Gasteiger partial charge in [-0.05, 0) is 11.6 Å². The van der Waals surface area contributed by atoms with E-state index < -0.39 is 0 Å². The summed E-state index contributed by atoms with van der Waals surface area (Å²) in [6.45, 7) is 0.0555. The molecule has 0 aliphatic heterocycles. The zero-order valence-electron chi connectivity index (χ0n) is 9.67. The monoisotopic (exact) mass is 261 g/mol. The summed E-state index contributed by atoms with van der Waals surface area (Å²) in [7, 11) is 0. The Balaban J connectivity index is 2.17. The molecule has 0 N–H and O–H groups in total. The maximum absolute atomic E-state index is 12.0. The summed E-state index contributed by atoms with van der Waals surface area (Å²) >= 11 is 5.68. The van der Waals surface area contributed by atoms with Gasteiger partial charge in [-0.1, -0.05) is 30.3 Å². The molecule has 18 heavy (non-hydrogen) atoms. The van der Waals surface area contributed by atoms with Crippen molar-refractivity contribution in [3.63, 3.8) is 0 Å². The number of pyridine rings is 1. The fourth-order valence-corrected chi connectivity index (χ4v) is 1.80. The number of hydrogen-bond donors (Lipinski definition) is 0. The average Bonchev–Trinajstić information content (AvgIpc) is 2.41. The van der Waals surface area contributed by atoms with Crippen LogP contribution in [-0.4, -0.2) is 10.4 Å². The van der Waals surface area contributed by atoms with Crippen LogP contribution in [0, 0.1) is 0 Å². The number of ketones is 1. The number of hydrogen-bond acceptors (Lipinski definition) is 2. The van der Waals surface area contributed by atoms with Gasteiger partial charge in [0.05, 0.1) is 6.54 Å². The molecule has 0 fully saturated rings. The van der Waals surface area contributed by atoms with Crippen LogP contribution in [0.15, 0.2) is 53.5 Å². The lowest BCUT2D eigenvalue weighted by atomic mass is 10.1. The molecule has 0 atom stereocenters. The van der Waals surface area contributed by atoms with Crippen LogP contribution in [0.3, 0.4) is 0 Å². The SMILES string of the molecule is O=C(Cn1ccccc1=O)c1ccc(CCl)cc1. The third-order valence-electron chi connectivity index (χ3n) is 2.64. The van der Waals surface area contributed by atoms with Crippen molar-refractivity contribution in [1.82, 2.24) is 4.57 Å². The normalized spacial score (nSPS) is 10.3. The number of alkyl halides is 1. The molecular formula is C14H12ClNO2. The van der Waals surface area contributed by atoms with E-state index in [1.54, 1.807) is 30.5 Å². The highest BCUT2D eigenvalue weighted by Crippen LogP contribution is 2.08. The van der Waals surface area contributed by atoms with Gasteiger partial charge in [-0.25, -0.2) is 0 Å². The van der Waals surface area contributed by atoms with Crippen molar-refractivity contribution < 1.29 is 4.79 Å². The molecule has 92 valence electrons. The lowest BCUT2D eigenvalue weighted by molar-refractivity contribution is 0.0971. The first-order chi connectivity index (χ1) is 8.70. The van der Waals surface area contributed by atoms with Crippen molar-refractivity contribution in [2.24, 2.45) is 0 Å². The number of carbonyl (C=O) groups excluding carboxylic acids is 1. The van der Waals surface area contributed by atoms with Crippen LogP contribution < -0.4 is 5.56 Å². The minimum absolute atomic E-state index is 0.0555. The fourth-order valence-electron chi connectivity index (χ4n) is 1.62. The van der Waals surface area contributed by atoms with E-state index in [0.717, 1.165) is 5.56 Å². The first kappa shape index (κ1) is 12.6. The minimum Gasteiger partial charge on any atom is -0.308 e. The van der Waals surface area contributed by atoms with E-state index in [4.69, 9.17) is 11.6 Å². The van der Waals surface area contributed by atoms with Crippen LogP contribution in [0.25, 0.3) is 0 Å². The van der Waals surface area contributed by atoms with Crippen LogP contribution in [0.4, 0.5) is 0 Å². The summed E-state index contributed by atoms with van der Waals surface area (Å²) < 4.78 is 1.39. The molecule has 0 spiro atoms. The lowest BCUT2D eigenvalue weighted by Crippen LogP contribution is -2.22. The maximum Gasteiger partial charge on any atom is 0.250 e. The summed E-state index contributed by atoms with van der Waals surface area (Å²) in [6.07, 6.45) is 1.60. The average molecular weight is 262 g/mol. The molecule has 0 saturated heterocycles. The van der Waals surface area contributed by atoms with Gasteiger partial charge >= 0.3 is 0 Å². The van der Waals surface area contributed by atoms with Crippen molar-refractivity contribution in [3.05, 3.63) is 70.1 Å². The van der Waals surface area contributed by atoms with Gasteiger partial charge in [0.2, 0.25) is 0 Å². The molecule has 3 nitrogen and oxygen atoms in total. The predicted octanol–water partition coefficient (Wildman–Crippen LogP) is 2.47. The van der Waals surface area contributed by atoms with E-state index in [1.165, 1.54) is 10.6 Å². The topological polar surface area (TPSA) is 39.1 Å². The quantitative estimate of drug-likeness (QED) is 0.626. The summed E-state index contributed by atoms with van der Waals surface area (Å²) in [5, 5.41) is 0. The minimum atomic E-state index is -0.178. The highest BCUT2D eigenvalue weighted by Gasteiger charge is 2.07. The second kappa shape index (κ2) is 5.65. The van der Waals surface area contributed by atoms with E-state index in [1.807, 2.05) is 12.1 Å². The summed E-state index contributed by atoms with van der Waals surface area (Å²) in [5.74, 6) is 0.330. The number of nitrogens with zero attached hydrogens (tertiary/aromatic N) is 1. The molecular weight excluding hydrogens is 250 g/mol. The van der Waals surface area contributed by atoms with E-state index in [9.17, 15) is 9.59 Å². The van der Waals surface area contributed by atoms with Crippen molar-refractivity contribution in [2.45, 2.75) is 12.4 Å². The third-order valence-corrected chi connectivity index (χ3v) is 2.95. The Hall–Kier alpha value is -1.87. The molecule has 4 heteroatoms. The molecule has 1 aromatic carbocycles. The van der Waals surface area contributed by atoms with E-state index in [2.05, 4.69) is 0 Å². The smallest absolute Gasteiger partial charge is 0.250 e. The summed E-state index contributed by atoms with van der Waals surface area (Å²) in [6, 6.07) is 11.9. The van der Waals surface area contributed by atoms with E-state index >= 15 is 0 Å². The molecule has 2 aromatic rings. The second-order valence-corrected chi connectivity index (χ2v) is 4.19. The molecule has 1 heterocycles. The largest absolute Gasteiger partial charge is 0.308 e. The van der Waals surface area contributed by atoms with Crippen LogP contribution >= 0.6 is 11.6 Å². The van der Waals surface area contributed by atoms with E-state index in [0.29, 0.717) is 11.4 Å². The van der Waals surface area contributed by atoms with Crippen LogP contribution in [0.1, 0.15) is 15.9 Å². The van der Waals surface area contributed by atoms with Gasteiger partial charge in [0, 0.05) is 23.7 Å². The maximum atomic E-state index is 12.0. The highest BCUT2D eigenvalue weighted by atomic mass is 35.5. The molecule has 0 bridgehead atoms.